The standard InChI is InChI=1S/C10H11N3O6/c1-12-7(14)3-2-6(11-12)10(19)13(4-8(15)16)5-9(17)18/h2-3H,4-5H2,1H3,(H,15,16)(H,17,18). The molecule has 0 bridgehead atoms. The number of hydrogen-bond donors (Lipinski definition) is 2. The van der Waals surface area contributed by atoms with Crippen molar-refractivity contribution in [3.8, 4) is 0 Å². The van der Waals surface area contributed by atoms with E-state index in [2.05, 4.69) is 5.10 Å². The molecule has 1 aromatic rings. The molecule has 1 aromatic heterocycles. The van der Waals surface area contributed by atoms with Gasteiger partial charge in [0, 0.05) is 13.1 Å². The summed E-state index contributed by atoms with van der Waals surface area (Å²) in [5.41, 5.74) is -0.649. The average Bonchev–Trinajstić information content (AvgIpc) is 2.29. The second-order valence-corrected chi connectivity index (χ2v) is 3.63. The molecule has 1 amide bonds. The van der Waals surface area contributed by atoms with Crippen LogP contribution in [0.3, 0.4) is 0 Å². The molecule has 0 aliphatic rings. The quantitative estimate of drug-likeness (QED) is 0.657. The Kier molecular flexibility index (Phi) is 4.35. The third-order valence-electron chi connectivity index (χ3n) is 2.12. The van der Waals surface area contributed by atoms with Crippen molar-refractivity contribution in [3.63, 3.8) is 0 Å². The average molecular weight is 269 g/mol. The number of carboxylic acid groups (broad SMARTS) is 2. The van der Waals surface area contributed by atoms with Crippen molar-refractivity contribution in [2.24, 2.45) is 7.05 Å². The Hall–Kier alpha value is -2.71. The Labute approximate surface area is 106 Å². The molecular weight excluding hydrogens is 258 g/mol. The Bertz CT molecular complexity index is 563. The Morgan fingerprint density at radius 1 is 1.21 bits per heavy atom. The highest BCUT2D eigenvalue weighted by Gasteiger charge is 2.22. The fraction of sp³-hybridized carbons (Fsp3) is 0.300. The normalized spacial score (nSPS) is 9.95. The molecule has 9 nitrogen and oxygen atoms in total. The minimum Gasteiger partial charge on any atom is -0.480 e. The molecule has 2 N–H and O–H groups in total. The summed E-state index contributed by atoms with van der Waals surface area (Å²) >= 11 is 0. The molecule has 0 unspecified atom stereocenters. The largest absolute Gasteiger partial charge is 0.480 e. The maximum absolute atomic E-state index is 11.9. The summed E-state index contributed by atoms with van der Waals surface area (Å²) in [6, 6.07) is 2.20. The summed E-state index contributed by atoms with van der Waals surface area (Å²) in [5, 5.41) is 20.9. The minimum absolute atomic E-state index is 0.204. The molecule has 1 heterocycles. The van der Waals surface area contributed by atoms with Crippen molar-refractivity contribution in [1.29, 1.82) is 0 Å². The molecule has 19 heavy (non-hydrogen) atoms. The number of aliphatic carboxylic acids is 2. The summed E-state index contributed by atoms with van der Waals surface area (Å²) in [4.78, 5) is 44.8. The molecule has 0 saturated heterocycles. The summed E-state index contributed by atoms with van der Waals surface area (Å²) in [7, 11) is 1.32. The number of rotatable bonds is 5. The van der Waals surface area contributed by atoms with Gasteiger partial charge >= 0.3 is 11.9 Å². The third-order valence-corrected chi connectivity index (χ3v) is 2.12. The molecule has 102 valence electrons. The molecular formula is C10H11N3O6. The molecule has 9 heteroatoms. The van der Waals surface area contributed by atoms with Crippen LogP contribution in [0.4, 0.5) is 0 Å². The number of carboxylic acids is 2. The van der Waals surface area contributed by atoms with E-state index in [1.165, 1.54) is 7.05 Å². The van der Waals surface area contributed by atoms with Gasteiger partial charge in [0.2, 0.25) is 0 Å². The van der Waals surface area contributed by atoms with Gasteiger partial charge in [-0.3, -0.25) is 19.2 Å². The van der Waals surface area contributed by atoms with E-state index >= 15 is 0 Å². The van der Waals surface area contributed by atoms with Crippen molar-refractivity contribution in [2.45, 2.75) is 0 Å². The van der Waals surface area contributed by atoms with Crippen LogP contribution in [0.25, 0.3) is 0 Å². The Morgan fingerprint density at radius 2 is 1.74 bits per heavy atom. The van der Waals surface area contributed by atoms with Crippen molar-refractivity contribution in [1.82, 2.24) is 14.7 Å². The van der Waals surface area contributed by atoms with Gasteiger partial charge in [-0.25, -0.2) is 4.68 Å². The van der Waals surface area contributed by atoms with E-state index < -0.39 is 36.5 Å². The van der Waals surface area contributed by atoms with Gasteiger partial charge in [-0.1, -0.05) is 0 Å². The number of carbonyl (C=O) groups is 3. The van der Waals surface area contributed by atoms with Gasteiger partial charge in [0.25, 0.3) is 11.5 Å². The predicted octanol–water partition coefficient (Wildman–Crippen LogP) is -1.61. The van der Waals surface area contributed by atoms with Crippen molar-refractivity contribution >= 4 is 17.8 Å². The lowest BCUT2D eigenvalue weighted by Gasteiger charge is -2.17. The highest BCUT2D eigenvalue weighted by molar-refractivity contribution is 5.95. The van der Waals surface area contributed by atoms with Crippen LogP contribution in [0.1, 0.15) is 10.5 Å². The van der Waals surface area contributed by atoms with Gasteiger partial charge in [-0.15, -0.1) is 0 Å². The first kappa shape index (κ1) is 14.4. The molecule has 0 aromatic carbocycles. The highest BCUT2D eigenvalue weighted by Crippen LogP contribution is 2.00. The van der Waals surface area contributed by atoms with E-state index in [4.69, 9.17) is 10.2 Å². The molecule has 0 fully saturated rings. The minimum atomic E-state index is -1.35. The summed E-state index contributed by atoms with van der Waals surface area (Å²) in [6.07, 6.45) is 0. The fourth-order valence-electron chi connectivity index (χ4n) is 1.30. The van der Waals surface area contributed by atoms with Crippen LogP contribution in [-0.4, -0.2) is 55.8 Å². The van der Waals surface area contributed by atoms with Crippen LogP contribution in [-0.2, 0) is 16.6 Å². The number of carbonyl (C=O) groups excluding carboxylic acids is 1. The summed E-state index contributed by atoms with van der Waals surface area (Å²) in [6.45, 7) is -1.54. The van der Waals surface area contributed by atoms with Gasteiger partial charge in [0.05, 0.1) is 0 Å². The number of aryl methyl sites for hydroxylation is 1. The zero-order valence-electron chi connectivity index (χ0n) is 9.94. The lowest BCUT2D eigenvalue weighted by molar-refractivity contribution is -0.140. The molecule has 0 aliphatic carbocycles. The molecule has 0 atom stereocenters. The summed E-state index contributed by atoms with van der Waals surface area (Å²) < 4.78 is 0.896. The highest BCUT2D eigenvalue weighted by atomic mass is 16.4. The van der Waals surface area contributed by atoms with Gasteiger partial charge in [0.1, 0.15) is 18.8 Å². The van der Waals surface area contributed by atoms with E-state index in [1.807, 2.05) is 0 Å². The van der Waals surface area contributed by atoms with E-state index in [0.717, 1.165) is 16.8 Å². The van der Waals surface area contributed by atoms with Gasteiger partial charge in [-0.05, 0) is 6.07 Å². The van der Waals surface area contributed by atoms with Gasteiger partial charge in [0.15, 0.2) is 0 Å². The number of nitrogens with zero attached hydrogens (tertiary/aromatic N) is 3. The van der Waals surface area contributed by atoms with E-state index in [1.54, 1.807) is 0 Å². The van der Waals surface area contributed by atoms with Crippen LogP contribution in [0.2, 0.25) is 0 Å². The van der Waals surface area contributed by atoms with Crippen LogP contribution in [0, 0.1) is 0 Å². The van der Waals surface area contributed by atoms with Crippen LogP contribution in [0.15, 0.2) is 16.9 Å². The second-order valence-electron chi connectivity index (χ2n) is 3.63. The van der Waals surface area contributed by atoms with Crippen LogP contribution < -0.4 is 5.56 Å². The van der Waals surface area contributed by atoms with Crippen molar-refractivity contribution in [3.05, 3.63) is 28.2 Å². The Balaban J connectivity index is 3.03. The first-order valence-electron chi connectivity index (χ1n) is 5.08. The Morgan fingerprint density at radius 3 is 2.16 bits per heavy atom. The predicted molar refractivity (Wildman–Crippen MR) is 60.7 cm³/mol. The first-order valence-corrected chi connectivity index (χ1v) is 5.08. The fourth-order valence-corrected chi connectivity index (χ4v) is 1.30. The molecule has 1 rings (SSSR count). The van der Waals surface area contributed by atoms with Gasteiger partial charge in [-0.2, -0.15) is 5.10 Å². The van der Waals surface area contributed by atoms with Crippen LogP contribution in [0.5, 0.6) is 0 Å². The van der Waals surface area contributed by atoms with Gasteiger partial charge < -0.3 is 15.1 Å². The molecule has 0 spiro atoms. The molecule has 0 radical (unpaired) electrons. The molecule has 0 aliphatic heterocycles. The monoisotopic (exact) mass is 269 g/mol. The van der Waals surface area contributed by atoms with E-state index in [0.29, 0.717) is 4.90 Å². The zero-order chi connectivity index (χ0) is 14.6. The number of amides is 1. The van der Waals surface area contributed by atoms with Crippen molar-refractivity contribution in [2.75, 3.05) is 13.1 Å². The first-order chi connectivity index (χ1) is 8.81. The lowest BCUT2D eigenvalue weighted by atomic mass is 10.3. The van der Waals surface area contributed by atoms with E-state index in [9.17, 15) is 19.2 Å². The smallest absolute Gasteiger partial charge is 0.323 e. The SMILES string of the molecule is Cn1nc(C(=O)N(CC(=O)O)CC(=O)O)ccc1=O. The maximum atomic E-state index is 11.9. The second kappa shape index (κ2) is 5.76. The zero-order valence-corrected chi connectivity index (χ0v) is 9.94. The lowest BCUT2D eigenvalue weighted by Crippen LogP contribution is -2.40. The molecule has 0 saturated carbocycles. The number of hydrogen-bond acceptors (Lipinski definition) is 5. The third kappa shape index (κ3) is 3.91. The van der Waals surface area contributed by atoms with Crippen molar-refractivity contribution < 1.29 is 24.6 Å². The van der Waals surface area contributed by atoms with Crippen LogP contribution >= 0.6 is 0 Å². The number of aromatic nitrogens is 2. The maximum Gasteiger partial charge on any atom is 0.323 e. The van der Waals surface area contributed by atoms with E-state index in [-0.39, 0.29) is 5.69 Å². The summed E-state index contributed by atoms with van der Waals surface area (Å²) in [5.74, 6) is -3.57. The topological polar surface area (TPSA) is 130 Å².